The first-order valence-electron chi connectivity index (χ1n) is 9.51. The zero-order valence-corrected chi connectivity index (χ0v) is 17.6. The number of aromatic amines is 1. The number of urea groups is 1. The third kappa shape index (κ3) is 3.95. The van der Waals surface area contributed by atoms with Crippen LogP contribution in [0.5, 0.6) is 11.6 Å². The van der Waals surface area contributed by atoms with Gasteiger partial charge in [0, 0.05) is 11.6 Å². The van der Waals surface area contributed by atoms with E-state index in [4.69, 9.17) is 33.7 Å². The number of benzene rings is 1. The lowest BCUT2D eigenvalue weighted by Gasteiger charge is -2.31. The van der Waals surface area contributed by atoms with Gasteiger partial charge in [0.1, 0.15) is 5.84 Å². The van der Waals surface area contributed by atoms with Crippen molar-refractivity contribution in [3.05, 3.63) is 44.2 Å². The summed E-state index contributed by atoms with van der Waals surface area (Å²) in [5, 5.41) is 14.4. The number of hydrogen-bond acceptors (Lipinski definition) is 6. The monoisotopic (exact) mass is 450 g/mol. The number of nitrogens with one attached hydrogen (secondary N) is 2. The molecule has 2 amide bonds. The van der Waals surface area contributed by atoms with Gasteiger partial charge in [-0.1, -0.05) is 36.5 Å². The highest BCUT2D eigenvalue weighted by Gasteiger charge is 2.28. The summed E-state index contributed by atoms with van der Waals surface area (Å²) >= 11 is 12.7. The van der Waals surface area contributed by atoms with Crippen LogP contribution in [0.3, 0.4) is 0 Å². The minimum Gasteiger partial charge on any atom is -0.434 e. The molecule has 1 aliphatic heterocycles. The highest BCUT2D eigenvalue weighted by Crippen LogP contribution is 2.41. The van der Waals surface area contributed by atoms with Crippen LogP contribution in [-0.2, 0) is 0 Å². The lowest BCUT2D eigenvalue weighted by atomic mass is 9.74. The van der Waals surface area contributed by atoms with Crippen molar-refractivity contribution in [1.82, 2.24) is 15.5 Å². The predicted molar refractivity (Wildman–Crippen MR) is 115 cm³/mol. The van der Waals surface area contributed by atoms with Crippen molar-refractivity contribution >= 4 is 40.8 Å². The fourth-order valence-electron chi connectivity index (χ4n) is 3.48. The largest absolute Gasteiger partial charge is 0.434 e. The average molecular weight is 451 g/mol. The molecule has 0 saturated heterocycles. The zero-order valence-electron chi connectivity index (χ0n) is 16.1. The van der Waals surface area contributed by atoms with Gasteiger partial charge in [-0.25, -0.2) is 9.89 Å². The summed E-state index contributed by atoms with van der Waals surface area (Å²) in [7, 11) is 0. The summed E-state index contributed by atoms with van der Waals surface area (Å²) in [6.07, 6.45) is 3.40. The number of halogens is 2. The molecule has 4 rings (SSSR count). The summed E-state index contributed by atoms with van der Waals surface area (Å²) in [6, 6.07) is 4.12. The SMILES string of the molecule is C[C@@H](c1cc(Oc2c(Cl)cc(N3N=C(N)CNC3=O)cc2Cl)n[nH]c1=O)C1CCC1. The molecule has 1 fully saturated rings. The molecule has 4 N–H and O–H groups in total. The van der Waals surface area contributed by atoms with Gasteiger partial charge in [-0.3, -0.25) is 4.79 Å². The van der Waals surface area contributed by atoms with E-state index in [0.717, 1.165) is 17.9 Å². The van der Waals surface area contributed by atoms with Gasteiger partial charge in [0.05, 0.1) is 22.3 Å². The van der Waals surface area contributed by atoms with Crippen LogP contribution in [0.4, 0.5) is 10.5 Å². The number of carbonyl (C=O) groups is 1. The number of carbonyl (C=O) groups excluding carboxylic acids is 1. The highest BCUT2D eigenvalue weighted by molar-refractivity contribution is 6.37. The molecule has 1 aromatic carbocycles. The Balaban J connectivity index is 1.62. The van der Waals surface area contributed by atoms with Crippen LogP contribution in [0.2, 0.25) is 10.0 Å². The van der Waals surface area contributed by atoms with Crippen LogP contribution in [-0.4, -0.2) is 28.6 Å². The van der Waals surface area contributed by atoms with E-state index in [0.29, 0.717) is 17.2 Å². The number of aromatic nitrogens is 2. The van der Waals surface area contributed by atoms with Gasteiger partial charge in [0.25, 0.3) is 5.56 Å². The van der Waals surface area contributed by atoms with Gasteiger partial charge < -0.3 is 15.8 Å². The molecule has 158 valence electrons. The van der Waals surface area contributed by atoms with Crippen molar-refractivity contribution in [2.75, 3.05) is 11.6 Å². The number of amides is 2. The first-order valence-corrected chi connectivity index (χ1v) is 10.3. The van der Waals surface area contributed by atoms with Gasteiger partial charge in [-0.2, -0.15) is 5.01 Å². The molecule has 30 heavy (non-hydrogen) atoms. The molecular weight excluding hydrogens is 431 g/mol. The third-order valence-corrected chi connectivity index (χ3v) is 5.99. The van der Waals surface area contributed by atoms with Gasteiger partial charge in [0.15, 0.2) is 5.75 Å². The Morgan fingerprint density at radius 1 is 1.23 bits per heavy atom. The second-order valence-electron chi connectivity index (χ2n) is 7.37. The number of H-pyrrole nitrogens is 1. The number of hydrogen-bond donors (Lipinski definition) is 3. The van der Waals surface area contributed by atoms with E-state index in [2.05, 4.69) is 20.6 Å². The summed E-state index contributed by atoms with van der Waals surface area (Å²) in [4.78, 5) is 24.3. The first kappa shape index (κ1) is 20.5. The number of anilines is 1. The average Bonchev–Trinajstić information content (AvgIpc) is 2.66. The smallest absolute Gasteiger partial charge is 0.343 e. The molecule has 0 unspecified atom stereocenters. The number of ether oxygens (including phenoxy) is 1. The Kier molecular flexibility index (Phi) is 5.57. The van der Waals surface area contributed by atoms with Crippen LogP contribution in [0, 0.1) is 5.92 Å². The molecule has 1 atom stereocenters. The molecule has 1 saturated carbocycles. The van der Waals surface area contributed by atoms with Gasteiger partial charge in [-0.05, 0) is 36.8 Å². The second-order valence-corrected chi connectivity index (χ2v) is 8.19. The molecule has 0 radical (unpaired) electrons. The van der Waals surface area contributed by atoms with Crippen molar-refractivity contribution in [3.8, 4) is 11.6 Å². The van der Waals surface area contributed by atoms with Crippen molar-refractivity contribution in [2.24, 2.45) is 16.8 Å². The number of nitrogens with two attached hydrogens (primary N) is 1. The fourth-order valence-corrected chi connectivity index (χ4v) is 4.03. The summed E-state index contributed by atoms with van der Waals surface area (Å²) in [5.41, 5.74) is 6.39. The van der Waals surface area contributed by atoms with E-state index in [-0.39, 0.29) is 45.5 Å². The van der Waals surface area contributed by atoms with Crippen LogP contribution in [0.25, 0.3) is 0 Å². The highest BCUT2D eigenvalue weighted by atomic mass is 35.5. The lowest BCUT2D eigenvalue weighted by Crippen LogP contribution is -2.47. The van der Waals surface area contributed by atoms with Gasteiger partial charge in [-0.15, -0.1) is 10.2 Å². The van der Waals surface area contributed by atoms with Crippen LogP contribution < -0.4 is 26.4 Å². The third-order valence-electron chi connectivity index (χ3n) is 5.43. The predicted octanol–water partition coefficient (Wildman–Crippen LogP) is 3.57. The van der Waals surface area contributed by atoms with Crippen molar-refractivity contribution in [3.63, 3.8) is 0 Å². The number of hydrazone groups is 1. The van der Waals surface area contributed by atoms with Gasteiger partial charge >= 0.3 is 6.03 Å². The standard InChI is InChI=1S/C19H20Cl2N6O3/c1-9(10-3-2-4-10)12-7-16(24-25-18(12)28)30-17-13(20)5-11(6-14(17)21)27-19(29)23-8-15(22)26-27/h5-7,9-10H,2-4,8H2,1H3,(H2,22,26)(H,23,29)(H,25,28)/t9-/m1/s1. The molecule has 2 aliphatic rings. The van der Waals surface area contributed by atoms with E-state index >= 15 is 0 Å². The molecule has 0 bridgehead atoms. The topological polar surface area (TPSA) is 126 Å². The van der Waals surface area contributed by atoms with Gasteiger partial charge in [0.2, 0.25) is 5.88 Å². The van der Waals surface area contributed by atoms with E-state index in [1.807, 2.05) is 6.92 Å². The second kappa shape index (κ2) is 8.16. The Bertz CT molecular complexity index is 1060. The molecule has 2 heterocycles. The molecular formula is C19H20Cl2N6O3. The Hall–Kier alpha value is -2.78. The number of nitrogens with zero attached hydrogens (tertiary/aromatic N) is 3. The molecule has 1 aromatic heterocycles. The molecule has 1 aliphatic carbocycles. The summed E-state index contributed by atoms with van der Waals surface area (Å²) in [6.45, 7) is 2.19. The molecule has 2 aromatic rings. The minimum atomic E-state index is -0.457. The summed E-state index contributed by atoms with van der Waals surface area (Å²) in [5.74, 6) is 1.15. The van der Waals surface area contributed by atoms with Crippen molar-refractivity contribution in [1.29, 1.82) is 0 Å². The Morgan fingerprint density at radius 3 is 2.57 bits per heavy atom. The quantitative estimate of drug-likeness (QED) is 0.641. The maximum absolute atomic E-state index is 12.2. The minimum absolute atomic E-state index is 0.0992. The van der Waals surface area contributed by atoms with Crippen LogP contribution in [0.1, 0.15) is 37.7 Å². The molecule has 11 heteroatoms. The first-order chi connectivity index (χ1) is 14.3. The fraction of sp³-hybridized carbons (Fsp3) is 0.368. The zero-order chi connectivity index (χ0) is 21.4. The maximum atomic E-state index is 12.2. The van der Waals surface area contributed by atoms with E-state index in [1.54, 1.807) is 6.07 Å². The Morgan fingerprint density at radius 2 is 1.93 bits per heavy atom. The van der Waals surface area contributed by atoms with Crippen LogP contribution >= 0.6 is 23.2 Å². The molecule has 9 nitrogen and oxygen atoms in total. The number of rotatable bonds is 5. The van der Waals surface area contributed by atoms with E-state index in [1.165, 1.54) is 18.6 Å². The van der Waals surface area contributed by atoms with Crippen molar-refractivity contribution in [2.45, 2.75) is 32.1 Å². The Labute approximate surface area is 182 Å². The normalized spacial score (nSPS) is 17.8. The van der Waals surface area contributed by atoms with E-state index < -0.39 is 6.03 Å². The molecule has 0 spiro atoms. The maximum Gasteiger partial charge on any atom is 0.343 e. The number of amidine groups is 1. The van der Waals surface area contributed by atoms with E-state index in [9.17, 15) is 9.59 Å². The van der Waals surface area contributed by atoms with Crippen molar-refractivity contribution < 1.29 is 9.53 Å². The summed E-state index contributed by atoms with van der Waals surface area (Å²) < 4.78 is 5.78. The lowest BCUT2D eigenvalue weighted by molar-refractivity contribution is 0.246. The van der Waals surface area contributed by atoms with Crippen LogP contribution in [0.15, 0.2) is 28.1 Å².